The van der Waals surface area contributed by atoms with E-state index < -0.39 is 18.1 Å². The summed E-state index contributed by atoms with van der Waals surface area (Å²) in [5, 5.41) is 43.4. The molecule has 24 heavy (non-hydrogen) atoms. The highest BCUT2D eigenvalue weighted by Crippen LogP contribution is 2.41. The molecular weight excluding hydrogens is 316 g/mol. The molecule has 0 bridgehead atoms. The topological polar surface area (TPSA) is 111 Å². The number of hydroxylamine groups is 4. The van der Waals surface area contributed by atoms with Crippen molar-refractivity contribution in [2.75, 3.05) is 20.3 Å². The van der Waals surface area contributed by atoms with E-state index in [0.717, 1.165) is 0 Å². The van der Waals surface area contributed by atoms with Crippen molar-refractivity contribution in [3.63, 3.8) is 0 Å². The van der Waals surface area contributed by atoms with Gasteiger partial charge >= 0.3 is 0 Å². The van der Waals surface area contributed by atoms with Crippen molar-refractivity contribution in [1.29, 1.82) is 0 Å². The summed E-state index contributed by atoms with van der Waals surface area (Å²) in [5.74, 6) is -0.822. The SMILES string of the molecule is O=C(C1N(O)c2ccccc2N1O)C1N(O)c2ccccc2N1O. The number of fused-ring (bicyclic) bond motifs is 2. The molecule has 0 radical (unpaired) electrons. The third-order valence-electron chi connectivity index (χ3n) is 4.19. The van der Waals surface area contributed by atoms with Gasteiger partial charge in [0.15, 0.2) is 0 Å². The van der Waals surface area contributed by atoms with Gasteiger partial charge in [0.05, 0.1) is 22.7 Å². The summed E-state index contributed by atoms with van der Waals surface area (Å²) in [7, 11) is 0. The smallest absolute Gasteiger partial charge is 0.227 e. The number of carbonyl (C=O) groups excluding carboxylic acids is 1. The van der Waals surface area contributed by atoms with E-state index in [1.165, 1.54) is 24.3 Å². The van der Waals surface area contributed by atoms with Gasteiger partial charge in [0.25, 0.3) is 0 Å². The maximum atomic E-state index is 12.8. The van der Waals surface area contributed by atoms with Crippen molar-refractivity contribution >= 4 is 28.5 Å². The van der Waals surface area contributed by atoms with E-state index in [2.05, 4.69) is 0 Å². The molecule has 4 N–H and O–H groups in total. The Bertz CT molecular complexity index is 692. The highest BCUT2D eigenvalue weighted by molar-refractivity contribution is 6.02. The zero-order valence-electron chi connectivity index (χ0n) is 12.3. The molecule has 2 heterocycles. The molecule has 0 spiro atoms. The van der Waals surface area contributed by atoms with Crippen LogP contribution in [0.5, 0.6) is 0 Å². The third kappa shape index (κ3) is 1.80. The van der Waals surface area contributed by atoms with Crippen LogP contribution in [-0.4, -0.2) is 38.9 Å². The van der Waals surface area contributed by atoms with E-state index in [-0.39, 0.29) is 22.7 Å². The molecule has 2 aliphatic heterocycles. The first kappa shape index (κ1) is 14.7. The summed E-state index contributed by atoms with van der Waals surface area (Å²) in [6, 6.07) is 12.7. The molecule has 0 saturated carbocycles. The second kappa shape index (κ2) is 5.08. The largest absolute Gasteiger partial charge is 0.290 e. The van der Waals surface area contributed by atoms with Crippen molar-refractivity contribution in [2.45, 2.75) is 12.3 Å². The lowest BCUT2D eigenvalue weighted by Crippen LogP contribution is -2.57. The number of ketones is 1. The Balaban J connectivity index is 1.69. The number of anilines is 4. The number of Topliss-reactive ketones (excluding diaryl/α,β-unsaturated/α-hetero) is 1. The van der Waals surface area contributed by atoms with Gasteiger partial charge in [0.2, 0.25) is 18.1 Å². The quantitative estimate of drug-likeness (QED) is 0.649. The average Bonchev–Trinajstić information content (AvgIpc) is 3.00. The van der Waals surface area contributed by atoms with Crippen molar-refractivity contribution in [3.8, 4) is 0 Å². The maximum absolute atomic E-state index is 12.8. The van der Waals surface area contributed by atoms with E-state index in [1.807, 2.05) is 0 Å². The van der Waals surface area contributed by atoms with Crippen LogP contribution in [0.3, 0.4) is 0 Å². The minimum atomic E-state index is -1.51. The first-order valence-electron chi connectivity index (χ1n) is 7.16. The number of para-hydroxylation sites is 4. The van der Waals surface area contributed by atoms with Crippen LogP contribution in [-0.2, 0) is 4.79 Å². The number of benzene rings is 2. The molecule has 0 saturated heterocycles. The van der Waals surface area contributed by atoms with Crippen LogP contribution >= 0.6 is 0 Å². The predicted octanol–water partition coefficient (Wildman–Crippen LogP) is 1.42. The molecule has 0 amide bonds. The van der Waals surface area contributed by atoms with Crippen molar-refractivity contribution in [1.82, 2.24) is 0 Å². The molecule has 0 aliphatic carbocycles. The molecule has 9 heteroatoms. The van der Waals surface area contributed by atoms with Crippen LogP contribution in [0.25, 0.3) is 0 Å². The average molecular weight is 330 g/mol. The van der Waals surface area contributed by atoms with Crippen LogP contribution in [0, 0.1) is 0 Å². The van der Waals surface area contributed by atoms with Gasteiger partial charge in [-0.15, -0.1) is 0 Å². The molecule has 2 aromatic carbocycles. The van der Waals surface area contributed by atoms with E-state index in [9.17, 15) is 25.6 Å². The second-order valence-corrected chi connectivity index (χ2v) is 5.51. The molecular formula is C15H14N4O5. The Kier molecular flexibility index (Phi) is 3.11. The van der Waals surface area contributed by atoms with Crippen LogP contribution in [0.2, 0.25) is 0 Å². The third-order valence-corrected chi connectivity index (χ3v) is 4.19. The molecule has 0 aromatic heterocycles. The lowest BCUT2D eigenvalue weighted by Gasteiger charge is -2.29. The number of carbonyl (C=O) groups is 1. The first-order chi connectivity index (χ1) is 11.5. The highest BCUT2D eigenvalue weighted by atomic mass is 16.6. The first-order valence-corrected chi connectivity index (χ1v) is 7.16. The van der Waals surface area contributed by atoms with Crippen molar-refractivity contribution < 1.29 is 25.6 Å². The maximum Gasteiger partial charge on any atom is 0.227 e. The van der Waals surface area contributed by atoms with Gasteiger partial charge in [-0.1, -0.05) is 24.3 Å². The summed E-state index contributed by atoms with van der Waals surface area (Å²) in [6.07, 6.45) is -3.02. The van der Waals surface area contributed by atoms with Gasteiger partial charge in [-0.3, -0.25) is 25.6 Å². The minimum absolute atomic E-state index is 0.239. The second-order valence-electron chi connectivity index (χ2n) is 5.51. The molecule has 0 atom stereocenters. The monoisotopic (exact) mass is 330 g/mol. The molecule has 9 nitrogen and oxygen atoms in total. The zero-order chi connectivity index (χ0) is 17.0. The molecule has 2 aromatic rings. The zero-order valence-corrected chi connectivity index (χ0v) is 12.3. The predicted molar refractivity (Wildman–Crippen MR) is 82.5 cm³/mol. The van der Waals surface area contributed by atoms with Crippen LogP contribution in [0.4, 0.5) is 22.7 Å². The normalized spacial score (nSPS) is 17.5. The Labute approximate surface area is 136 Å². The van der Waals surface area contributed by atoms with E-state index >= 15 is 0 Å². The van der Waals surface area contributed by atoms with Gasteiger partial charge in [-0.05, 0) is 24.3 Å². The molecule has 124 valence electrons. The molecule has 4 rings (SSSR count). The fraction of sp³-hybridized carbons (Fsp3) is 0.133. The Morgan fingerprint density at radius 3 is 1.12 bits per heavy atom. The Hall–Kier alpha value is -2.85. The lowest BCUT2D eigenvalue weighted by molar-refractivity contribution is -0.126. The molecule has 0 unspecified atom stereocenters. The highest BCUT2D eigenvalue weighted by Gasteiger charge is 2.49. The van der Waals surface area contributed by atoms with Crippen molar-refractivity contribution in [3.05, 3.63) is 48.5 Å². The standard InChI is InChI=1S/C15H14N4O5/c20-13(14-16(21)9-5-1-2-6-10(9)17(14)22)15-18(23)11-7-3-4-8-12(11)19(15)24/h1-8,14-15,21-24H. The molecule has 0 fully saturated rings. The summed E-state index contributed by atoms with van der Waals surface area (Å²) in [4.78, 5) is 12.8. The summed E-state index contributed by atoms with van der Waals surface area (Å²) < 4.78 is 0. The van der Waals surface area contributed by atoms with Crippen LogP contribution in [0.1, 0.15) is 0 Å². The number of hydrogen-bond donors (Lipinski definition) is 4. The Morgan fingerprint density at radius 1 is 0.625 bits per heavy atom. The lowest BCUT2D eigenvalue weighted by atomic mass is 10.2. The number of nitrogens with zero attached hydrogens (tertiary/aromatic N) is 4. The van der Waals surface area contributed by atoms with Crippen LogP contribution < -0.4 is 20.3 Å². The summed E-state index contributed by atoms with van der Waals surface area (Å²) in [6.45, 7) is 0. The molecule has 2 aliphatic rings. The fourth-order valence-corrected chi connectivity index (χ4v) is 3.05. The van der Waals surface area contributed by atoms with Gasteiger partial charge in [0.1, 0.15) is 0 Å². The Morgan fingerprint density at radius 2 is 0.875 bits per heavy atom. The van der Waals surface area contributed by atoms with Gasteiger partial charge in [0, 0.05) is 0 Å². The van der Waals surface area contributed by atoms with Crippen molar-refractivity contribution in [2.24, 2.45) is 0 Å². The number of hydrogen-bond acceptors (Lipinski definition) is 9. The van der Waals surface area contributed by atoms with Crippen LogP contribution in [0.15, 0.2) is 48.5 Å². The summed E-state index contributed by atoms with van der Waals surface area (Å²) >= 11 is 0. The minimum Gasteiger partial charge on any atom is -0.290 e. The van der Waals surface area contributed by atoms with Gasteiger partial charge < -0.3 is 0 Å². The van der Waals surface area contributed by atoms with E-state index in [1.54, 1.807) is 24.3 Å². The van der Waals surface area contributed by atoms with Gasteiger partial charge in [-0.2, -0.15) is 0 Å². The number of rotatable bonds is 2. The van der Waals surface area contributed by atoms with E-state index in [0.29, 0.717) is 20.3 Å². The van der Waals surface area contributed by atoms with Gasteiger partial charge in [-0.25, -0.2) is 20.3 Å². The fourth-order valence-electron chi connectivity index (χ4n) is 3.05. The van der Waals surface area contributed by atoms with E-state index in [4.69, 9.17) is 0 Å². The summed E-state index contributed by atoms with van der Waals surface area (Å²) in [5.41, 5.74) is 0.955.